The molecule has 27 heavy (non-hydrogen) atoms. The molecule has 148 valence electrons. The molecule has 0 aromatic heterocycles. The molecule has 2 rings (SSSR count). The second-order valence-corrected chi connectivity index (χ2v) is 7.23. The van der Waals surface area contributed by atoms with Gasteiger partial charge in [0.2, 0.25) is 5.41 Å². The van der Waals surface area contributed by atoms with E-state index in [1.165, 1.54) is 37.7 Å². The minimum atomic E-state index is -1.40. The van der Waals surface area contributed by atoms with Crippen molar-refractivity contribution < 1.29 is 19.0 Å². The van der Waals surface area contributed by atoms with E-state index in [9.17, 15) is 10.1 Å². The van der Waals surface area contributed by atoms with Crippen LogP contribution in [-0.2, 0) is 20.7 Å². The van der Waals surface area contributed by atoms with Crippen LogP contribution in [0.15, 0.2) is 24.3 Å². The van der Waals surface area contributed by atoms with Gasteiger partial charge >= 0.3 is 5.97 Å². The number of unbranched alkanes of at least 4 members (excludes halogenated alkanes) is 4. The van der Waals surface area contributed by atoms with Gasteiger partial charge in [0.25, 0.3) is 0 Å². The average molecular weight is 373 g/mol. The van der Waals surface area contributed by atoms with Gasteiger partial charge in [0, 0.05) is 0 Å². The van der Waals surface area contributed by atoms with Gasteiger partial charge in [-0.3, -0.25) is 0 Å². The number of hydrogen-bond donors (Lipinski definition) is 0. The molecule has 0 spiro atoms. The van der Waals surface area contributed by atoms with Crippen molar-refractivity contribution >= 4 is 5.97 Å². The molecule has 1 aliphatic heterocycles. The fourth-order valence-electron chi connectivity index (χ4n) is 3.05. The van der Waals surface area contributed by atoms with Gasteiger partial charge in [0.15, 0.2) is 6.29 Å². The lowest BCUT2D eigenvalue weighted by molar-refractivity contribution is -0.222. The minimum absolute atomic E-state index is 0.00282. The summed E-state index contributed by atoms with van der Waals surface area (Å²) >= 11 is 0. The summed E-state index contributed by atoms with van der Waals surface area (Å²) in [6, 6.07) is 9.56. The van der Waals surface area contributed by atoms with Crippen LogP contribution in [0, 0.1) is 16.7 Å². The van der Waals surface area contributed by atoms with Crippen molar-refractivity contribution in [1.29, 1.82) is 5.26 Å². The molecule has 1 saturated heterocycles. The topological polar surface area (TPSA) is 68.6 Å². The molecule has 1 heterocycles. The molecule has 1 aromatic carbocycles. The minimum Gasteiger partial charge on any atom is -0.425 e. The Morgan fingerprint density at radius 2 is 1.78 bits per heavy atom. The third-order valence-corrected chi connectivity index (χ3v) is 4.86. The van der Waals surface area contributed by atoms with Crippen LogP contribution < -0.4 is 4.74 Å². The van der Waals surface area contributed by atoms with Crippen LogP contribution in [0.1, 0.15) is 64.4 Å². The Balaban J connectivity index is 1.85. The normalized spacial score (nSPS) is 22.2. The summed E-state index contributed by atoms with van der Waals surface area (Å²) in [6.45, 7) is 4.25. The number of aryl methyl sites for hydroxylation is 1. The molecule has 1 aliphatic rings. The Labute approximate surface area is 162 Å². The van der Waals surface area contributed by atoms with Crippen LogP contribution in [0.25, 0.3) is 0 Å². The number of nitriles is 1. The highest BCUT2D eigenvalue weighted by molar-refractivity contribution is 5.82. The van der Waals surface area contributed by atoms with E-state index in [-0.39, 0.29) is 19.5 Å². The third-order valence-electron chi connectivity index (χ3n) is 4.86. The smallest absolute Gasteiger partial charge is 0.336 e. The molecule has 1 fully saturated rings. The lowest BCUT2D eigenvalue weighted by Crippen LogP contribution is -2.48. The van der Waals surface area contributed by atoms with Gasteiger partial charge in [-0.05, 0) is 37.0 Å². The number of ether oxygens (including phenoxy) is 3. The van der Waals surface area contributed by atoms with Crippen molar-refractivity contribution in [2.45, 2.75) is 71.5 Å². The van der Waals surface area contributed by atoms with Gasteiger partial charge in [0.05, 0.1) is 19.3 Å². The standard InChI is InChI=1S/C22H31NO4/c1-3-5-6-7-8-10-18-11-13-19(14-12-18)27-21(24)22(15-23)16-25-20(9-4-2)26-17-22/h11-14,20H,3-10,16-17H2,1-2H3. The van der Waals surface area contributed by atoms with E-state index < -0.39 is 11.4 Å². The maximum absolute atomic E-state index is 12.5. The van der Waals surface area contributed by atoms with E-state index >= 15 is 0 Å². The molecule has 0 bridgehead atoms. The molecule has 0 amide bonds. The van der Waals surface area contributed by atoms with Crippen LogP contribution >= 0.6 is 0 Å². The first-order valence-electron chi connectivity index (χ1n) is 10.1. The molecule has 0 unspecified atom stereocenters. The lowest BCUT2D eigenvalue weighted by Gasteiger charge is -2.33. The Morgan fingerprint density at radius 3 is 2.37 bits per heavy atom. The maximum atomic E-state index is 12.5. The first kappa shape index (κ1) is 21.4. The zero-order valence-electron chi connectivity index (χ0n) is 16.5. The number of esters is 1. The molecule has 0 aliphatic carbocycles. The first-order valence-corrected chi connectivity index (χ1v) is 10.1. The van der Waals surface area contributed by atoms with Gasteiger partial charge in [-0.25, -0.2) is 4.79 Å². The maximum Gasteiger partial charge on any atom is 0.336 e. The quantitative estimate of drug-likeness (QED) is 0.335. The predicted molar refractivity (Wildman–Crippen MR) is 103 cm³/mol. The van der Waals surface area contributed by atoms with Gasteiger partial charge in [-0.15, -0.1) is 0 Å². The summed E-state index contributed by atoms with van der Waals surface area (Å²) in [4.78, 5) is 12.5. The van der Waals surface area contributed by atoms with E-state index in [1.807, 2.05) is 25.1 Å². The van der Waals surface area contributed by atoms with Crippen molar-refractivity contribution in [2.75, 3.05) is 13.2 Å². The number of hydrogen-bond acceptors (Lipinski definition) is 5. The van der Waals surface area contributed by atoms with E-state index in [4.69, 9.17) is 14.2 Å². The van der Waals surface area contributed by atoms with Crippen molar-refractivity contribution in [1.82, 2.24) is 0 Å². The number of carbonyl (C=O) groups excluding carboxylic acids is 1. The van der Waals surface area contributed by atoms with Gasteiger partial charge < -0.3 is 14.2 Å². The summed E-state index contributed by atoms with van der Waals surface area (Å²) in [6.07, 6.45) is 8.59. The van der Waals surface area contributed by atoms with E-state index in [2.05, 4.69) is 6.92 Å². The molecule has 5 nitrogen and oxygen atoms in total. The lowest BCUT2D eigenvalue weighted by atomic mass is 9.91. The number of nitrogens with zero attached hydrogens (tertiary/aromatic N) is 1. The molecule has 5 heteroatoms. The largest absolute Gasteiger partial charge is 0.425 e. The Bertz CT molecular complexity index is 612. The molecule has 0 atom stereocenters. The molecular formula is C22H31NO4. The van der Waals surface area contributed by atoms with Crippen molar-refractivity contribution in [3.63, 3.8) is 0 Å². The van der Waals surface area contributed by atoms with Gasteiger partial charge in [0.1, 0.15) is 5.75 Å². The van der Waals surface area contributed by atoms with Crippen LogP contribution in [0.4, 0.5) is 0 Å². The number of carbonyl (C=O) groups is 1. The SMILES string of the molecule is CCCCCCCc1ccc(OC(=O)C2(C#N)COC(CCC)OC2)cc1. The highest BCUT2D eigenvalue weighted by Crippen LogP contribution is 2.28. The second kappa shape index (κ2) is 11.1. The predicted octanol–water partition coefficient (Wildman–Crippen LogP) is 4.79. The summed E-state index contributed by atoms with van der Waals surface area (Å²) < 4.78 is 16.5. The Hall–Kier alpha value is -1.90. The number of rotatable bonds is 10. The van der Waals surface area contributed by atoms with E-state index in [0.717, 1.165) is 19.3 Å². The van der Waals surface area contributed by atoms with Crippen molar-refractivity contribution in [3.05, 3.63) is 29.8 Å². The number of benzene rings is 1. The molecular weight excluding hydrogens is 342 g/mol. The molecule has 1 aromatic rings. The van der Waals surface area contributed by atoms with Gasteiger partial charge in [-0.1, -0.05) is 58.1 Å². The van der Waals surface area contributed by atoms with Crippen LogP contribution in [0.3, 0.4) is 0 Å². The van der Waals surface area contributed by atoms with Crippen LogP contribution in [-0.4, -0.2) is 25.5 Å². The summed E-state index contributed by atoms with van der Waals surface area (Å²) in [5.74, 6) is -0.174. The summed E-state index contributed by atoms with van der Waals surface area (Å²) in [7, 11) is 0. The summed E-state index contributed by atoms with van der Waals surface area (Å²) in [5.41, 5.74) is -0.171. The summed E-state index contributed by atoms with van der Waals surface area (Å²) in [5, 5.41) is 9.50. The van der Waals surface area contributed by atoms with E-state index in [0.29, 0.717) is 5.75 Å². The Morgan fingerprint density at radius 1 is 1.11 bits per heavy atom. The zero-order valence-corrected chi connectivity index (χ0v) is 16.5. The molecule has 0 N–H and O–H groups in total. The monoisotopic (exact) mass is 373 g/mol. The highest BCUT2D eigenvalue weighted by Gasteiger charge is 2.46. The highest BCUT2D eigenvalue weighted by atomic mass is 16.7. The first-order chi connectivity index (χ1) is 13.1. The van der Waals surface area contributed by atoms with Gasteiger partial charge in [-0.2, -0.15) is 5.26 Å². The van der Waals surface area contributed by atoms with Crippen molar-refractivity contribution in [2.24, 2.45) is 5.41 Å². The van der Waals surface area contributed by atoms with Crippen molar-refractivity contribution in [3.8, 4) is 11.8 Å². The molecule has 0 saturated carbocycles. The third kappa shape index (κ3) is 6.34. The second-order valence-electron chi connectivity index (χ2n) is 7.23. The zero-order chi connectivity index (χ0) is 19.5. The Kier molecular flexibility index (Phi) is 8.77. The molecule has 0 radical (unpaired) electrons. The van der Waals surface area contributed by atoms with E-state index in [1.54, 1.807) is 12.1 Å². The van der Waals surface area contributed by atoms with Crippen LogP contribution in [0.5, 0.6) is 5.75 Å². The fraction of sp³-hybridized carbons (Fsp3) is 0.636. The fourth-order valence-corrected chi connectivity index (χ4v) is 3.05. The average Bonchev–Trinajstić information content (AvgIpc) is 2.70. The van der Waals surface area contributed by atoms with Crippen LogP contribution in [0.2, 0.25) is 0 Å².